The van der Waals surface area contributed by atoms with Gasteiger partial charge < -0.3 is 10.4 Å². The van der Waals surface area contributed by atoms with E-state index in [-0.39, 0.29) is 5.91 Å². The topological polar surface area (TPSA) is 49.3 Å². The van der Waals surface area contributed by atoms with Crippen molar-refractivity contribution in [2.75, 3.05) is 6.54 Å². The lowest BCUT2D eigenvalue weighted by molar-refractivity contribution is 0.0945. The Labute approximate surface area is 111 Å². The van der Waals surface area contributed by atoms with E-state index in [1.807, 2.05) is 12.1 Å². The van der Waals surface area contributed by atoms with Crippen molar-refractivity contribution < 1.29 is 9.90 Å². The summed E-state index contributed by atoms with van der Waals surface area (Å²) in [4.78, 5) is 11.7. The fourth-order valence-electron chi connectivity index (χ4n) is 1.16. The number of rotatable bonds is 4. The second-order valence-corrected chi connectivity index (χ2v) is 5.29. The SMILES string of the molecule is CC(O)CCNC(=O)c1ccc(Br)cc1Br. The van der Waals surface area contributed by atoms with Gasteiger partial charge in [0.2, 0.25) is 0 Å². The number of hydrogen-bond donors (Lipinski definition) is 2. The molecule has 0 aliphatic carbocycles. The van der Waals surface area contributed by atoms with Crippen molar-refractivity contribution in [3.05, 3.63) is 32.7 Å². The molecule has 1 amide bonds. The third-order valence-corrected chi connectivity index (χ3v) is 3.17. The van der Waals surface area contributed by atoms with Gasteiger partial charge in [0, 0.05) is 15.5 Å². The van der Waals surface area contributed by atoms with Gasteiger partial charge in [-0.05, 0) is 47.5 Å². The summed E-state index contributed by atoms with van der Waals surface area (Å²) in [7, 11) is 0. The lowest BCUT2D eigenvalue weighted by Crippen LogP contribution is -2.26. The van der Waals surface area contributed by atoms with Gasteiger partial charge >= 0.3 is 0 Å². The molecule has 0 heterocycles. The molecule has 0 spiro atoms. The van der Waals surface area contributed by atoms with E-state index in [9.17, 15) is 4.79 Å². The third-order valence-electron chi connectivity index (χ3n) is 2.02. The Balaban J connectivity index is 2.59. The molecule has 0 aliphatic heterocycles. The zero-order chi connectivity index (χ0) is 12.1. The molecule has 0 saturated carbocycles. The van der Waals surface area contributed by atoms with E-state index in [0.29, 0.717) is 18.5 Å². The molecule has 0 radical (unpaired) electrons. The van der Waals surface area contributed by atoms with Gasteiger partial charge in [-0.25, -0.2) is 0 Å². The highest BCUT2D eigenvalue weighted by molar-refractivity contribution is 9.11. The van der Waals surface area contributed by atoms with Crippen LogP contribution in [0, 0.1) is 0 Å². The van der Waals surface area contributed by atoms with Crippen LogP contribution in [0.3, 0.4) is 0 Å². The Morgan fingerprint density at radius 1 is 1.50 bits per heavy atom. The number of carbonyl (C=O) groups excluding carboxylic acids is 1. The number of amides is 1. The average Bonchev–Trinajstić information content (AvgIpc) is 2.16. The van der Waals surface area contributed by atoms with E-state index in [4.69, 9.17) is 5.11 Å². The maximum absolute atomic E-state index is 11.7. The maximum Gasteiger partial charge on any atom is 0.252 e. The van der Waals surface area contributed by atoms with Crippen LogP contribution in [-0.2, 0) is 0 Å². The van der Waals surface area contributed by atoms with E-state index in [2.05, 4.69) is 37.2 Å². The normalized spacial score (nSPS) is 12.2. The first-order chi connectivity index (χ1) is 7.50. The predicted molar refractivity (Wildman–Crippen MR) is 70.5 cm³/mol. The van der Waals surface area contributed by atoms with E-state index in [1.165, 1.54) is 0 Å². The van der Waals surface area contributed by atoms with Crippen molar-refractivity contribution in [1.29, 1.82) is 0 Å². The van der Waals surface area contributed by atoms with Crippen LogP contribution >= 0.6 is 31.9 Å². The van der Waals surface area contributed by atoms with Crippen LogP contribution < -0.4 is 5.32 Å². The van der Waals surface area contributed by atoms with Crippen molar-refractivity contribution in [1.82, 2.24) is 5.32 Å². The Morgan fingerprint density at radius 3 is 2.75 bits per heavy atom. The Kier molecular flexibility index (Phi) is 5.44. The molecular weight excluding hydrogens is 338 g/mol. The average molecular weight is 351 g/mol. The smallest absolute Gasteiger partial charge is 0.252 e. The van der Waals surface area contributed by atoms with Crippen molar-refractivity contribution in [2.45, 2.75) is 19.4 Å². The quantitative estimate of drug-likeness (QED) is 0.877. The van der Waals surface area contributed by atoms with Crippen molar-refractivity contribution in [3.8, 4) is 0 Å². The van der Waals surface area contributed by atoms with E-state index in [0.717, 1.165) is 8.95 Å². The Hall–Kier alpha value is -0.390. The van der Waals surface area contributed by atoms with E-state index in [1.54, 1.807) is 13.0 Å². The number of aliphatic hydroxyl groups is 1. The first-order valence-electron chi connectivity index (χ1n) is 4.92. The summed E-state index contributed by atoms with van der Waals surface area (Å²) < 4.78 is 1.66. The lowest BCUT2D eigenvalue weighted by Gasteiger charge is -2.08. The Bertz CT molecular complexity index is 380. The number of aliphatic hydroxyl groups excluding tert-OH is 1. The highest BCUT2D eigenvalue weighted by Crippen LogP contribution is 2.21. The molecule has 88 valence electrons. The van der Waals surface area contributed by atoms with Gasteiger partial charge in [0.25, 0.3) is 5.91 Å². The van der Waals surface area contributed by atoms with E-state index < -0.39 is 6.10 Å². The van der Waals surface area contributed by atoms with Crippen molar-refractivity contribution in [2.24, 2.45) is 0 Å². The molecule has 2 N–H and O–H groups in total. The minimum Gasteiger partial charge on any atom is -0.393 e. The molecule has 1 aromatic carbocycles. The summed E-state index contributed by atoms with van der Waals surface area (Å²) in [5, 5.41) is 11.8. The molecule has 1 atom stereocenters. The molecule has 0 saturated heterocycles. The van der Waals surface area contributed by atoms with Crippen LogP contribution in [0.15, 0.2) is 27.1 Å². The second-order valence-electron chi connectivity index (χ2n) is 3.52. The second kappa shape index (κ2) is 6.37. The van der Waals surface area contributed by atoms with Crippen LogP contribution in [0.25, 0.3) is 0 Å². The summed E-state index contributed by atoms with van der Waals surface area (Å²) in [5.41, 5.74) is 0.591. The van der Waals surface area contributed by atoms with Crippen LogP contribution in [0.2, 0.25) is 0 Å². The van der Waals surface area contributed by atoms with Crippen molar-refractivity contribution >= 4 is 37.8 Å². The van der Waals surface area contributed by atoms with Gasteiger partial charge in [0.1, 0.15) is 0 Å². The lowest BCUT2D eigenvalue weighted by atomic mass is 10.2. The number of nitrogens with one attached hydrogen (secondary N) is 1. The number of halogens is 2. The fraction of sp³-hybridized carbons (Fsp3) is 0.364. The number of hydrogen-bond acceptors (Lipinski definition) is 2. The minimum atomic E-state index is -0.395. The fourth-order valence-corrected chi connectivity index (χ4v) is 2.39. The molecule has 1 rings (SSSR count). The molecular formula is C11H13Br2NO2. The van der Waals surface area contributed by atoms with Gasteiger partial charge in [-0.2, -0.15) is 0 Å². The highest BCUT2D eigenvalue weighted by Gasteiger charge is 2.09. The molecule has 0 bridgehead atoms. The minimum absolute atomic E-state index is 0.139. The molecule has 16 heavy (non-hydrogen) atoms. The molecule has 0 fully saturated rings. The van der Waals surface area contributed by atoms with Crippen LogP contribution in [0.4, 0.5) is 0 Å². The zero-order valence-electron chi connectivity index (χ0n) is 8.84. The molecule has 0 aromatic heterocycles. The molecule has 3 nitrogen and oxygen atoms in total. The third kappa shape index (κ3) is 4.23. The molecule has 1 unspecified atom stereocenters. The molecule has 5 heteroatoms. The first kappa shape index (κ1) is 13.7. The van der Waals surface area contributed by atoms with Crippen LogP contribution in [0.5, 0.6) is 0 Å². The zero-order valence-corrected chi connectivity index (χ0v) is 12.0. The summed E-state index contributed by atoms with van der Waals surface area (Å²) in [6.07, 6.45) is 0.161. The maximum atomic E-state index is 11.7. The summed E-state index contributed by atoms with van der Waals surface area (Å²) in [6.45, 7) is 2.17. The molecule has 1 aromatic rings. The van der Waals surface area contributed by atoms with Crippen LogP contribution in [0.1, 0.15) is 23.7 Å². The predicted octanol–water partition coefficient (Wildman–Crippen LogP) is 2.71. The molecule has 0 aliphatic rings. The van der Waals surface area contributed by atoms with Gasteiger partial charge in [0.15, 0.2) is 0 Å². The number of carbonyl (C=O) groups is 1. The highest BCUT2D eigenvalue weighted by atomic mass is 79.9. The summed E-state index contributed by atoms with van der Waals surface area (Å²) in [6, 6.07) is 5.38. The van der Waals surface area contributed by atoms with Crippen LogP contribution in [-0.4, -0.2) is 23.7 Å². The number of benzene rings is 1. The van der Waals surface area contributed by atoms with E-state index >= 15 is 0 Å². The van der Waals surface area contributed by atoms with Gasteiger partial charge in [-0.15, -0.1) is 0 Å². The summed E-state index contributed by atoms with van der Waals surface area (Å²) >= 11 is 6.65. The Morgan fingerprint density at radius 2 is 2.19 bits per heavy atom. The standard InChI is InChI=1S/C11H13Br2NO2/c1-7(15)4-5-14-11(16)9-3-2-8(12)6-10(9)13/h2-3,6-7,15H,4-5H2,1H3,(H,14,16). The van der Waals surface area contributed by atoms with Gasteiger partial charge in [-0.3, -0.25) is 4.79 Å². The van der Waals surface area contributed by atoms with Gasteiger partial charge in [0.05, 0.1) is 11.7 Å². The largest absolute Gasteiger partial charge is 0.393 e. The summed E-state index contributed by atoms with van der Waals surface area (Å²) in [5.74, 6) is -0.139. The van der Waals surface area contributed by atoms with Crippen molar-refractivity contribution in [3.63, 3.8) is 0 Å². The monoisotopic (exact) mass is 349 g/mol. The first-order valence-corrected chi connectivity index (χ1v) is 6.50. The van der Waals surface area contributed by atoms with Gasteiger partial charge in [-0.1, -0.05) is 15.9 Å².